The fourth-order valence-electron chi connectivity index (χ4n) is 4.35. The Morgan fingerprint density at radius 3 is 2.20 bits per heavy atom. The number of carbonyl (C=O) groups excluding carboxylic acids is 2. The third-order valence-electron chi connectivity index (χ3n) is 6.28. The van der Waals surface area contributed by atoms with Crippen LogP contribution >= 0.6 is 15.9 Å². The van der Waals surface area contributed by atoms with Gasteiger partial charge in [0.05, 0.1) is 26.2 Å². The van der Waals surface area contributed by atoms with Gasteiger partial charge in [-0.3, -0.25) is 13.9 Å². The Bertz CT molecular complexity index is 1450. The van der Waals surface area contributed by atoms with Crippen molar-refractivity contribution in [3.05, 3.63) is 88.4 Å². The van der Waals surface area contributed by atoms with E-state index in [4.69, 9.17) is 9.47 Å². The van der Waals surface area contributed by atoms with Gasteiger partial charge >= 0.3 is 0 Å². The lowest BCUT2D eigenvalue weighted by Gasteiger charge is -2.34. The van der Waals surface area contributed by atoms with Gasteiger partial charge in [-0.15, -0.1) is 0 Å². The molecule has 0 bridgehead atoms. The monoisotopic (exact) mass is 645 g/mol. The van der Waals surface area contributed by atoms with Crippen molar-refractivity contribution in [3.8, 4) is 11.5 Å². The van der Waals surface area contributed by atoms with Crippen molar-refractivity contribution in [2.75, 3.05) is 31.3 Å². The van der Waals surface area contributed by atoms with Crippen LogP contribution in [0.1, 0.15) is 25.0 Å². The molecule has 0 saturated carbocycles. The molecule has 0 aromatic heterocycles. The van der Waals surface area contributed by atoms with E-state index in [1.165, 1.54) is 25.2 Å². The van der Waals surface area contributed by atoms with Gasteiger partial charge in [0.2, 0.25) is 21.8 Å². The molecule has 220 valence electrons. The third-order valence-corrected chi connectivity index (χ3v) is 7.90. The first-order chi connectivity index (χ1) is 19.4. The summed E-state index contributed by atoms with van der Waals surface area (Å²) in [6.07, 6.45) is 1.26. The number of methoxy groups -OCH3 is 2. The zero-order chi connectivity index (χ0) is 30.2. The fraction of sp³-hybridized carbons (Fsp3) is 0.333. The summed E-state index contributed by atoms with van der Waals surface area (Å²) in [5.74, 6) is -0.246. The molecule has 1 N–H and O–H groups in total. The van der Waals surface area contributed by atoms with Crippen molar-refractivity contribution in [1.82, 2.24) is 10.2 Å². The number of anilines is 1. The molecule has 9 nitrogen and oxygen atoms in total. The second kappa shape index (κ2) is 14.4. The summed E-state index contributed by atoms with van der Waals surface area (Å²) in [6.45, 7) is 3.21. The molecule has 0 saturated heterocycles. The highest BCUT2D eigenvalue weighted by molar-refractivity contribution is 9.10. The van der Waals surface area contributed by atoms with Gasteiger partial charge in [0.15, 0.2) is 0 Å². The highest BCUT2D eigenvalue weighted by Gasteiger charge is 2.34. The summed E-state index contributed by atoms with van der Waals surface area (Å²) < 4.78 is 38.7. The lowest BCUT2D eigenvalue weighted by Crippen LogP contribution is -2.54. The minimum Gasteiger partial charge on any atom is -0.497 e. The summed E-state index contributed by atoms with van der Waals surface area (Å²) in [7, 11) is -1.09. The topological polar surface area (TPSA) is 105 Å². The molecular weight excluding hydrogens is 610 g/mol. The Morgan fingerprint density at radius 2 is 1.61 bits per heavy atom. The van der Waals surface area contributed by atoms with Gasteiger partial charge in [0, 0.05) is 29.5 Å². The predicted octanol–water partition coefficient (Wildman–Crippen LogP) is 4.40. The van der Waals surface area contributed by atoms with E-state index in [-0.39, 0.29) is 36.4 Å². The molecule has 0 radical (unpaired) electrons. The molecule has 0 heterocycles. The Labute approximate surface area is 250 Å². The van der Waals surface area contributed by atoms with Gasteiger partial charge in [0.25, 0.3) is 0 Å². The quantitative estimate of drug-likeness (QED) is 0.296. The first-order valence-corrected chi connectivity index (χ1v) is 15.6. The molecular formula is C30H36BrN3O6S. The van der Waals surface area contributed by atoms with Crippen molar-refractivity contribution in [1.29, 1.82) is 0 Å². The summed E-state index contributed by atoms with van der Waals surface area (Å²) in [5, 5.41) is 2.93. The Hall–Kier alpha value is -3.57. The van der Waals surface area contributed by atoms with Crippen molar-refractivity contribution in [2.24, 2.45) is 0 Å². The van der Waals surface area contributed by atoms with Gasteiger partial charge in [0.1, 0.15) is 24.1 Å². The molecule has 41 heavy (non-hydrogen) atoms. The first-order valence-electron chi connectivity index (χ1n) is 13.0. The van der Waals surface area contributed by atoms with Gasteiger partial charge < -0.3 is 19.7 Å². The van der Waals surface area contributed by atoms with Crippen LogP contribution in [0.3, 0.4) is 0 Å². The molecule has 0 fully saturated rings. The number of benzene rings is 3. The van der Waals surface area contributed by atoms with Crippen LogP contribution < -0.4 is 19.1 Å². The van der Waals surface area contributed by atoms with Crippen LogP contribution in [-0.4, -0.2) is 64.2 Å². The second-order valence-corrected chi connectivity index (χ2v) is 12.7. The molecule has 0 unspecified atom stereocenters. The second-order valence-electron chi connectivity index (χ2n) is 9.83. The number of halogens is 1. The molecule has 3 aromatic carbocycles. The highest BCUT2D eigenvalue weighted by atomic mass is 79.9. The van der Waals surface area contributed by atoms with E-state index in [0.717, 1.165) is 26.2 Å². The Balaban J connectivity index is 2.11. The molecule has 0 aliphatic carbocycles. The zero-order valence-electron chi connectivity index (χ0n) is 23.8. The molecule has 0 spiro atoms. The minimum absolute atomic E-state index is 0.0775. The lowest BCUT2D eigenvalue weighted by molar-refractivity contribution is -0.140. The van der Waals surface area contributed by atoms with Crippen LogP contribution in [0, 0.1) is 0 Å². The van der Waals surface area contributed by atoms with E-state index >= 15 is 0 Å². The molecule has 3 rings (SSSR count). The standard InChI is InChI=1S/C30H36BrN3O6S/c1-21(2)32-30(36)27(17-22-10-7-6-8-11-22)33(19-23-12-9-13-24(31)16-23)29(35)20-34(41(5,37)38)26-18-25(39-3)14-15-28(26)40-4/h6-16,18,21,27H,17,19-20H2,1-5H3,(H,32,36)/t27-/m1/s1. The van der Waals surface area contributed by atoms with Gasteiger partial charge in [-0.25, -0.2) is 8.42 Å². The van der Waals surface area contributed by atoms with E-state index in [1.807, 2.05) is 68.4 Å². The van der Waals surface area contributed by atoms with Crippen molar-refractivity contribution in [3.63, 3.8) is 0 Å². The van der Waals surface area contributed by atoms with Crippen LogP contribution in [-0.2, 0) is 32.6 Å². The number of sulfonamides is 1. The molecule has 1 atom stereocenters. The zero-order valence-corrected chi connectivity index (χ0v) is 26.2. The third kappa shape index (κ3) is 8.96. The van der Waals surface area contributed by atoms with Gasteiger partial charge in [-0.2, -0.15) is 0 Å². The summed E-state index contributed by atoms with van der Waals surface area (Å²) >= 11 is 3.47. The molecule has 3 aromatic rings. The van der Waals surface area contributed by atoms with E-state index in [2.05, 4.69) is 21.2 Å². The van der Waals surface area contributed by atoms with Gasteiger partial charge in [-0.1, -0.05) is 58.4 Å². The number of nitrogens with zero attached hydrogens (tertiary/aromatic N) is 2. The number of ether oxygens (including phenoxy) is 2. The van der Waals surface area contributed by atoms with E-state index in [9.17, 15) is 18.0 Å². The van der Waals surface area contributed by atoms with Crippen LogP contribution in [0.15, 0.2) is 77.3 Å². The molecule has 11 heteroatoms. The van der Waals surface area contributed by atoms with Crippen molar-refractivity contribution in [2.45, 2.75) is 38.9 Å². The Morgan fingerprint density at radius 1 is 0.927 bits per heavy atom. The van der Waals surface area contributed by atoms with Gasteiger partial charge in [-0.05, 0) is 49.2 Å². The fourth-order valence-corrected chi connectivity index (χ4v) is 5.64. The van der Waals surface area contributed by atoms with E-state index < -0.39 is 28.5 Å². The smallest absolute Gasteiger partial charge is 0.244 e. The average molecular weight is 647 g/mol. The largest absolute Gasteiger partial charge is 0.497 e. The number of hydrogen-bond donors (Lipinski definition) is 1. The average Bonchev–Trinajstić information content (AvgIpc) is 2.92. The van der Waals surface area contributed by atoms with E-state index in [1.54, 1.807) is 12.1 Å². The number of carbonyl (C=O) groups is 2. The number of amides is 2. The molecule has 0 aliphatic rings. The maximum Gasteiger partial charge on any atom is 0.244 e. The van der Waals surface area contributed by atoms with Crippen LogP contribution in [0.2, 0.25) is 0 Å². The Kier molecular flexibility index (Phi) is 11.2. The number of hydrogen-bond acceptors (Lipinski definition) is 6. The normalized spacial score (nSPS) is 12.0. The summed E-state index contributed by atoms with van der Waals surface area (Å²) in [4.78, 5) is 29.3. The maximum atomic E-state index is 14.2. The van der Waals surface area contributed by atoms with Crippen molar-refractivity contribution >= 4 is 43.5 Å². The lowest BCUT2D eigenvalue weighted by atomic mass is 10.0. The molecule has 2 amide bonds. The van der Waals surface area contributed by atoms with E-state index in [0.29, 0.717) is 5.75 Å². The van der Waals surface area contributed by atoms with Crippen LogP contribution in [0.5, 0.6) is 11.5 Å². The highest BCUT2D eigenvalue weighted by Crippen LogP contribution is 2.34. The maximum absolute atomic E-state index is 14.2. The minimum atomic E-state index is -3.97. The number of nitrogens with one attached hydrogen (secondary N) is 1. The summed E-state index contributed by atoms with van der Waals surface area (Å²) in [5.41, 5.74) is 1.78. The van der Waals surface area contributed by atoms with Crippen LogP contribution in [0.4, 0.5) is 5.69 Å². The first kappa shape index (κ1) is 32.0. The SMILES string of the molecule is COc1ccc(OC)c(N(CC(=O)N(Cc2cccc(Br)c2)[C@H](Cc2ccccc2)C(=O)NC(C)C)S(C)(=O)=O)c1. The molecule has 0 aliphatic heterocycles. The predicted molar refractivity (Wildman–Crippen MR) is 164 cm³/mol. The number of rotatable bonds is 13. The van der Waals surface area contributed by atoms with Crippen LogP contribution in [0.25, 0.3) is 0 Å². The van der Waals surface area contributed by atoms with Crippen molar-refractivity contribution < 1.29 is 27.5 Å². The summed E-state index contributed by atoms with van der Waals surface area (Å²) in [6, 6.07) is 20.4.